The van der Waals surface area contributed by atoms with Crippen molar-refractivity contribution in [3.8, 4) is 0 Å². The standard InChI is InChI=1S/C22H24Cl2N2/c1-5-9-26-21-12-20(24)16(10-19(21)15(2)13-22(26,3)4)14-25-18-8-6-7-17(23)11-18/h6-8,10-14H,5,9H2,1-4H3. The number of hydrogen-bond donors (Lipinski definition) is 0. The van der Waals surface area contributed by atoms with Gasteiger partial charge in [-0.25, -0.2) is 0 Å². The van der Waals surface area contributed by atoms with E-state index in [9.17, 15) is 0 Å². The Hall–Kier alpha value is -1.77. The predicted octanol–water partition coefficient (Wildman–Crippen LogP) is 7.16. The number of nitrogens with zero attached hydrogens (tertiary/aromatic N) is 2. The van der Waals surface area contributed by atoms with Crippen molar-refractivity contribution in [1.82, 2.24) is 0 Å². The van der Waals surface area contributed by atoms with Crippen molar-refractivity contribution < 1.29 is 0 Å². The zero-order valence-electron chi connectivity index (χ0n) is 15.7. The van der Waals surface area contributed by atoms with Crippen LogP contribution in [0.5, 0.6) is 0 Å². The first-order valence-corrected chi connectivity index (χ1v) is 9.68. The van der Waals surface area contributed by atoms with Crippen molar-refractivity contribution in [3.63, 3.8) is 0 Å². The second kappa shape index (κ2) is 7.46. The van der Waals surface area contributed by atoms with Crippen molar-refractivity contribution in [2.75, 3.05) is 11.4 Å². The van der Waals surface area contributed by atoms with Gasteiger partial charge < -0.3 is 4.90 Å². The Bertz CT molecular complexity index is 882. The lowest BCUT2D eigenvalue weighted by Crippen LogP contribution is -2.45. The predicted molar refractivity (Wildman–Crippen MR) is 116 cm³/mol. The summed E-state index contributed by atoms with van der Waals surface area (Å²) in [6, 6.07) is 11.7. The molecular formula is C22H24Cl2N2. The molecular weight excluding hydrogens is 363 g/mol. The van der Waals surface area contributed by atoms with Crippen LogP contribution in [0.4, 0.5) is 11.4 Å². The third-order valence-electron chi connectivity index (χ3n) is 4.70. The van der Waals surface area contributed by atoms with Crippen molar-refractivity contribution in [2.24, 2.45) is 4.99 Å². The number of halogens is 2. The maximum absolute atomic E-state index is 6.60. The SMILES string of the molecule is CCCN1c2cc(Cl)c(C=Nc3cccc(Cl)c3)cc2C(C)=CC1(C)C. The Morgan fingerprint density at radius 2 is 1.92 bits per heavy atom. The molecule has 0 N–H and O–H groups in total. The minimum Gasteiger partial charge on any atom is -0.362 e. The summed E-state index contributed by atoms with van der Waals surface area (Å²) in [6.07, 6.45) is 5.23. The molecule has 1 heterocycles. The molecule has 0 saturated heterocycles. The van der Waals surface area contributed by atoms with Gasteiger partial charge in [-0.2, -0.15) is 0 Å². The van der Waals surface area contributed by atoms with E-state index in [1.54, 1.807) is 0 Å². The summed E-state index contributed by atoms with van der Waals surface area (Å²) < 4.78 is 0. The number of benzene rings is 2. The first kappa shape index (κ1) is 19.0. The average Bonchev–Trinajstić information content (AvgIpc) is 2.57. The molecule has 0 amide bonds. The maximum atomic E-state index is 6.60. The summed E-state index contributed by atoms with van der Waals surface area (Å²) in [7, 11) is 0. The third-order valence-corrected chi connectivity index (χ3v) is 5.27. The molecule has 2 aromatic rings. The van der Waals surface area contributed by atoms with Crippen LogP contribution in [-0.2, 0) is 0 Å². The van der Waals surface area contributed by atoms with Gasteiger partial charge in [-0.3, -0.25) is 4.99 Å². The molecule has 3 rings (SSSR count). The highest BCUT2D eigenvalue weighted by Crippen LogP contribution is 2.41. The van der Waals surface area contributed by atoms with E-state index in [1.807, 2.05) is 30.5 Å². The Labute approximate surface area is 166 Å². The topological polar surface area (TPSA) is 15.6 Å². The van der Waals surface area contributed by atoms with Crippen molar-refractivity contribution >= 4 is 46.4 Å². The van der Waals surface area contributed by atoms with Gasteiger partial charge in [0.05, 0.1) is 16.2 Å². The molecule has 0 fully saturated rings. The second-order valence-corrected chi connectivity index (χ2v) is 8.11. The van der Waals surface area contributed by atoms with Crippen LogP contribution in [0.1, 0.15) is 45.2 Å². The summed E-state index contributed by atoms with van der Waals surface area (Å²) in [5.41, 5.74) is 5.39. The fourth-order valence-electron chi connectivity index (χ4n) is 3.55. The Morgan fingerprint density at radius 1 is 1.15 bits per heavy atom. The van der Waals surface area contributed by atoms with Gasteiger partial charge in [0.15, 0.2) is 0 Å². The van der Waals surface area contributed by atoms with Crippen LogP contribution in [-0.4, -0.2) is 18.3 Å². The number of fused-ring (bicyclic) bond motifs is 1. The molecule has 1 aliphatic heterocycles. The van der Waals surface area contributed by atoms with E-state index >= 15 is 0 Å². The molecule has 0 bridgehead atoms. The summed E-state index contributed by atoms with van der Waals surface area (Å²) in [6.45, 7) is 9.86. The van der Waals surface area contributed by atoms with E-state index in [4.69, 9.17) is 23.2 Å². The quantitative estimate of drug-likeness (QED) is 0.509. The van der Waals surface area contributed by atoms with Gasteiger partial charge in [-0.1, -0.05) is 42.3 Å². The van der Waals surface area contributed by atoms with Crippen molar-refractivity contribution in [1.29, 1.82) is 0 Å². The number of aliphatic imine (C=N–C) groups is 1. The normalized spacial score (nSPS) is 15.9. The van der Waals surface area contributed by atoms with Gasteiger partial charge in [-0.05, 0) is 63.1 Å². The van der Waals surface area contributed by atoms with Crippen LogP contribution < -0.4 is 4.90 Å². The largest absolute Gasteiger partial charge is 0.362 e. The van der Waals surface area contributed by atoms with Crippen LogP contribution in [0.2, 0.25) is 10.0 Å². The number of allylic oxidation sites excluding steroid dienone is 1. The average molecular weight is 387 g/mol. The molecule has 2 nitrogen and oxygen atoms in total. The highest BCUT2D eigenvalue weighted by atomic mass is 35.5. The molecule has 0 aliphatic carbocycles. The highest BCUT2D eigenvalue weighted by molar-refractivity contribution is 6.33. The highest BCUT2D eigenvalue weighted by Gasteiger charge is 2.31. The van der Waals surface area contributed by atoms with Crippen LogP contribution >= 0.6 is 23.2 Å². The summed E-state index contributed by atoms with van der Waals surface area (Å²) >= 11 is 12.6. The molecule has 0 atom stereocenters. The van der Waals surface area contributed by atoms with Crippen molar-refractivity contribution in [2.45, 2.75) is 39.7 Å². The van der Waals surface area contributed by atoms with Crippen LogP contribution in [0.25, 0.3) is 5.57 Å². The Morgan fingerprint density at radius 3 is 2.62 bits per heavy atom. The zero-order valence-corrected chi connectivity index (χ0v) is 17.2. The molecule has 26 heavy (non-hydrogen) atoms. The van der Waals surface area contributed by atoms with Crippen LogP contribution in [0, 0.1) is 0 Å². The van der Waals surface area contributed by atoms with Gasteiger partial charge in [0, 0.05) is 34.6 Å². The van der Waals surface area contributed by atoms with E-state index in [-0.39, 0.29) is 5.54 Å². The van der Waals surface area contributed by atoms with Crippen molar-refractivity contribution in [3.05, 3.63) is 63.6 Å². The molecule has 4 heteroatoms. The fraction of sp³-hybridized carbons (Fsp3) is 0.318. The molecule has 136 valence electrons. The lowest BCUT2D eigenvalue weighted by Gasteiger charge is -2.43. The minimum absolute atomic E-state index is 0.0210. The lowest BCUT2D eigenvalue weighted by molar-refractivity contribution is 0.550. The van der Waals surface area contributed by atoms with Crippen LogP contribution in [0.3, 0.4) is 0 Å². The van der Waals surface area contributed by atoms with Gasteiger partial charge in [-0.15, -0.1) is 0 Å². The zero-order chi connectivity index (χ0) is 18.9. The molecule has 0 saturated carbocycles. The molecule has 2 aromatic carbocycles. The number of hydrogen-bond acceptors (Lipinski definition) is 2. The van der Waals surface area contributed by atoms with E-state index in [2.05, 4.69) is 55.8 Å². The van der Waals surface area contributed by atoms with E-state index in [0.717, 1.165) is 24.2 Å². The van der Waals surface area contributed by atoms with E-state index < -0.39 is 0 Å². The molecule has 0 aromatic heterocycles. The monoisotopic (exact) mass is 386 g/mol. The Kier molecular flexibility index (Phi) is 5.45. The smallest absolute Gasteiger partial charge is 0.0644 e. The summed E-state index contributed by atoms with van der Waals surface area (Å²) in [5, 5.41) is 1.38. The van der Waals surface area contributed by atoms with E-state index in [0.29, 0.717) is 10.0 Å². The molecule has 0 spiro atoms. The number of rotatable bonds is 4. The maximum Gasteiger partial charge on any atom is 0.0644 e. The lowest BCUT2D eigenvalue weighted by atomic mass is 9.88. The van der Waals surface area contributed by atoms with Gasteiger partial charge in [0.1, 0.15) is 0 Å². The van der Waals surface area contributed by atoms with Gasteiger partial charge in [0.2, 0.25) is 0 Å². The minimum atomic E-state index is -0.0210. The molecule has 0 unspecified atom stereocenters. The van der Waals surface area contributed by atoms with E-state index in [1.165, 1.54) is 16.8 Å². The summed E-state index contributed by atoms with van der Waals surface area (Å²) in [5.74, 6) is 0. The third kappa shape index (κ3) is 3.82. The summed E-state index contributed by atoms with van der Waals surface area (Å²) in [4.78, 5) is 6.96. The first-order chi connectivity index (χ1) is 12.3. The van der Waals surface area contributed by atoms with Gasteiger partial charge in [0.25, 0.3) is 0 Å². The second-order valence-electron chi connectivity index (χ2n) is 7.26. The fourth-order valence-corrected chi connectivity index (χ4v) is 3.94. The first-order valence-electron chi connectivity index (χ1n) is 8.92. The number of anilines is 1. The van der Waals surface area contributed by atoms with Gasteiger partial charge >= 0.3 is 0 Å². The molecule has 0 radical (unpaired) electrons. The Balaban J connectivity index is 2.03. The van der Waals surface area contributed by atoms with Crippen LogP contribution in [0.15, 0.2) is 47.5 Å². The molecule has 1 aliphatic rings.